The molecule has 0 spiro atoms. The Hall–Kier alpha value is -1.33. The van der Waals surface area contributed by atoms with Crippen molar-refractivity contribution in [2.24, 2.45) is 0 Å². The molecule has 3 aromatic rings. The SMILES string of the molecule is O=c1[nH]c2ccc(C(Br)c3ccccc3Br)cc2o1. The lowest BCUT2D eigenvalue weighted by atomic mass is 10.0. The van der Waals surface area contributed by atoms with Crippen LogP contribution in [0.1, 0.15) is 16.0 Å². The first-order valence-electron chi connectivity index (χ1n) is 5.66. The molecule has 5 heteroatoms. The number of nitrogens with one attached hydrogen (secondary N) is 1. The van der Waals surface area contributed by atoms with E-state index in [1.807, 2.05) is 42.5 Å². The lowest BCUT2D eigenvalue weighted by Crippen LogP contribution is -1.93. The van der Waals surface area contributed by atoms with Crippen molar-refractivity contribution in [2.45, 2.75) is 4.83 Å². The zero-order valence-electron chi connectivity index (χ0n) is 9.69. The van der Waals surface area contributed by atoms with E-state index in [0.29, 0.717) is 11.1 Å². The number of alkyl halides is 1. The Morgan fingerprint density at radius 1 is 1.16 bits per heavy atom. The lowest BCUT2D eigenvalue weighted by Gasteiger charge is -2.12. The van der Waals surface area contributed by atoms with E-state index in [1.165, 1.54) is 0 Å². The van der Waals surface area contributed by atoms with Crippen LogP contribution in [0.25, 0.3) is 11.1 Å². The number of aromatic nitrogens is 1. The molecule has 2 aromatic carbocycles. The second kappa shape index (κ2) is 4.98. The van der Waals surface area contributed by atoms with Crippen molar-refractivity contribution in [3.8, 4) is 0 Å². The maximum atomic E-state index is 11.2. The molecule has 3 rings (SSSR count). The molecule has 19 heavy (non-hydrogen) atoms. The van der Waals surface area contributed by atoms with Crippen molar-refractivity contribution in [1.29, 1.82) is 0 Å². The van der Waals surface area contributed by atoms with Crippen LogP contribution >= 0.6 is 31.9 Å². The van der Waals surface area contributed by atoms with Crippen LogP contribution in [-0.2, 0) is 0 Å². The van der Waals surface area contributed by atoms with Crippen molar-refractivity contribution in [1.82, 2.24) is 4.98 Å². The fraction of sp³-hybridized carbons (Fsp3) is 0.0714. The van der Waals surface area contributed by atoms with Gasteiger partial charge >= 0.3 is 5.76 Å². The molecule has 0 aliphatic heterocycles. The summed E-state index contributed by atoms with van der Waals surface area (Å²) in [6.07, 6.45) is 0. The molecule has 96 valence electrons. The summed E-state index contributed by atoms with van der Waals surface area (Å²) in [6.45, 7) is 0. The molecule has 0 aliphatic carbocycles. The van der Waals surface area contributed by atoms with Crippen molar-refractivity contribution in [3.05, 3.63) is 68.6 Å². The molecule has 0 saturated heterocycles. The smallest absolute Gasteiger partial charge is 0.408 e. The van der Waals surface area contributed by atoms with Crippen molar-refractivity contribution >= 4 is 43.0 Å². The standard InChI is InChI=1S/C14H9Br2NO2/c15-10-4-2-1-3-9(10)13(16)8-5-6-11-12(7-8)19-14(18)17-11/h1-7,13H,(H,17,18). The van der Waals surface area contributed by atoms with Crippen LogP contribution in [0.15, 0.2) is 56.1 Å². The van der Waals surface area contributed by atoms with E-state index in [2.05, 4.69) is 36.8 Å². The van der Waals surface area contributed by atoms with Gasteiger partial charge in [-0.05, 0) is 29.3 Å². The number of benzene rings is 2. The molecule has 0 saturated carbocycles. The Balaban J connectivity index is 2.08. The van der Waals surface area contributed by atoms with Gasteiger partial charge in [0.05, 0.1) is 10.3 Å². The molecule has 0 bridgehead atoms. The fourth-order valence-electron chi connectivity index (χ4n) is 1.98. The number of oxazole rings is 1. The van der Waals surface area contributed by atoms with Gasteiger partial charge in [-0.2, -0.15) is 0 Å². The quantitative estimate of drug-likeness (QED) is 0.669. The van der Waals surface area contributed by atoms with E-state index in [4.69, 9.17) is 4.42 Å². The van der Waals surface area contributed by atoms with Gasteiger partial charge in [-0.15, -0.1) is 0 Å². The van der Waals surface area contributed by atoms with Crippen molar-refractivity contribution < 1.29 is 4.42 Å². The van der Waals surface area contributed by atoms with E-state index in [9.17, 15) is 4.79 Å². The van der Waals surface area contributed by atoms with Gasteiger partial charge in [0.2, 0.25) is 0 Å². The monoisotopic (exact) mass is 381 g/mol. The Kier molecular flexibility index (Phi) is 3.33. The number of halogens is 2. The molecule has 0 fully saturated rings. The van der Waals surface area contributed by atoms with Crippen LogP contribution in [0.4, 0.5) is 0 Å². The van der Waals surface area contributed by atoms with E-state index in [1.54, 1.807) is 0 Å². The first kappa shape index (κ1) is 12.7. The summed E-state index contributed by atoms with van der Waals surface area (Å²) >= 11 is 7.22. The first-order chi connectivity index (χ1) is 9.15. The van der Waals surface area contributed by atoms with Crippen molar-refractivity contribution in [2.75, 3.05) is 0 Å². The van der Waals surface area contributed by atoms with Crippen LogP contribution in [0.3, 0.4) is 0 Å². The van der Waals surface area contributed by atoms with Crippen LogP contribution < -0.4 is 5.76 Å². The largest absolute Gasteiger partial charge is 0.417 e. The fourth-order valence-corrected chi connectivity index (χ4v) is 3.48. The topological polar surface area (TPSA) is 46.0 Å². The molecule has 0 amide bonds. The maximum Gasteiger partial charge on any atom is 0.417 e. The van der Waals surface area contributed by atoms with E-state index >= 15 is 0 Å². The third-order valence-corrected chi connectivity index (χ3v) is 4.66. The summed E-state index contributed by atoms with van der Waals surface area (Å²) < 4.78 is 6.12. The minimum Gasteiger partial charge on any atom is -0.408 e. The third kappa shape index (κ3) is 2.40. The minimum atomic E-state index is -0.431. The molecule has 0 radical (unpaired) electrons. The number of fused-ring (bicyclic) bond motifs is 1. The molecular weight excluding hydrogens is 374 g/mol. The summed E-state index contributed by atoms with van der Waals surface area (Å²) in [5, 5.41) is 0. The number of H-pyrrole nitrogens is 1. The third-order valence-electron chi connectivity index (χ3n) is 2.92. The van der Waals surface area contributed by atoms with Gasteiger partial charge in [0.15, 0.2) is 5.58 Å². The van der Waals surface area contributed by atoms with Gasteiger partial charge in [0.25, 0.3) is 0 Å². The molecule has 1 aromatic heterocycles. The summed E-state index contributed by atoms with van der Waals surface area (Å²) in [6, 6.07) is 13.7. The van der Waals surface area contributed by atoms with Gasteiger partial charge in [-0.25, -0.2) is 4.79 Å². The molecule has 1 heterocycles. The van der Waals surface area contributed by atoms with Gasteiger partial charge in [-0.3, -0.25) is 4.98 Å². The average Bonchev–Trinajstić information content (AvgIpc) is 2.77. The normalized spacial score (nSPS) is 12.7. The first-order valence-corrected chi connectivity index (χ1v) is 7.37. The molecular formula is C14H9Br2NO2. The highest BCUT2D eigenvalue weighted by molar-refractivity contribution is 9.11. The number of rotatable bonds is 2. The second-order valence-electron chi connectivity index (χ2n) is 4.15. The van der Waals surface area contributed by atoms with Gasteiger partial charge in [-0.1, -0.05) is 56.1 Å². The molecule has 3 nitrogen and oxygen atoms in total. The Bertz CT molecular complexity index is 791. The molecule has 1 N–H and O–H groups in total. The zero-order chi connectivity index (χ0) is 13.4. The van der Waals surface area contributed by atoms with Gasteiger partial charge < -0.3 is 4.42 Å². The molecule has 0 aliphatic rings. The van der Waals surface area contributed by atoms with Crippen LogP contribution in [0, 0.1) is 0 Å². The number of hydrogen-bond donors (Lipinski definition) is 1. The average molecular weight is 383 g/mol. The van der Waals surface area contributed by atoms with Crippen LogP contribution in [0.5, 0.6) is 0 Å². The highest BCUT2D eigenvalue weighted by atomic mass is 79.9. The summed E-state index contributed by atoms with van der Waals surface area (Å²) in [7, 11) is 0. The van der Waals surface area contributed by atoms with Gasteiger partial charge in [0.1, 0.15) is 0 Å². The second-order valence-corrected chi connectivity index (χ2v) is 5.92. The predicted molar refractivity (Wildman–Crippen MR) is 81.7 cm³/mol. The number of hydrogen-bond acceptors (Lipinski definition) is 2. The summed E-state index contributed by atoms with van der Waals surface area (Å²) in [4.78, 5) is 13.8. The van der Waals surface area contributed by atoms with E-state index < -0.39 is 5.76 Å². The van der Waals surface area contributed by atoms with E-state index in [0.717, 1.165) is 15.6 Å². The number of aromatic amines is 1. The summed E-state index contributed by atoms with van der Waals surface area (Å²) in [5.41, 5.74) is 3.43. The highest BCUT2D eigenvalue weighted by Crippen LogP contribution is 2.35. The Morgan fingerprint density at radius 2 is 1.95 bits per heavy atom. The molecule has 1 atom stereocenters. The Labute approximate surface area is 125 Å². The zero-order valence-corrected chi connectivity index (χ0v) is 12.9. The Morgan fingerprint density at radius 3 is 2.74 bits per heavy atom. The predicted octanol–water partition coefficient (Wildman–Crippen LogP) is 4.37. The van der Waals surface area contributed by atoms with Crippen LogP contribution in [0.2, 0.25) is 0 Å². The van der Waals surface area contributed by atoms with Crippen molar-refractivity contribution in [3.63, 3.8) is 0 Å². The minimum absolute atomic E-state index is 0.0349. The van der Waals surface area contributed by atoms with Crippen LogP contribution in [-0.4, -0.2) is 4.98 Å². The molecule has 1 unspecified atom stereocenters. The lowest BCUT2D eigenvalue weighted by molar-refractivity contribution is 0.555. The maximum absolute atomic E-state index is 11.2. The van der Waals surface area contributed by atoms with Gasteiger partial charge in [0, 0.05) is 4.47 Å². The highest BCUT2D eigenvalue weighted by Gasteiger charge is 2.14. The van der Waals surface area contributed by atoms with E-state index in [-0.39, 0.29) is 4.83 Å². The summed E-state index contributed by atoms with van der Waals surface area (Å²) in [5.74, 6) is -0.431.